The monoisotopic (exact) mass is 406 g/mol. The number of carbonyl (C=O) groups excluding carboxylic acids is 1. The molecule has 0 atom stereocenters. The van der Waals surface area contributed by atoms with Crippen molar-refractivity contribution in [1.29, 1.82) is 0 Å². The Hall–Kier alpha value is -2.24. The number of aliphatic imine (C=N–C) groups is 1. The van der Waals surface area contributed by atoms with E-state index in [9.17, 15) is 4.79 Å². The van der Waals surface area contributed by atoms with Crippen LogP contribution in [-0.4, -0.2) is 15.8 Å². The molecule has 1 heterocycles. The molecule has 0 N–H and O–H groups in total. The number of thioether (sulfide) groups is 1. The van der Waals surface area contributed by atoms with Crippen molar-refractivity contribution < 1.29 is 4.79 Å². The Morgan fingerprint density at radius 2 is 1.61 bits per heavy atom. The van der Waals surface area contributed by atoms with Gasteiger partial charge in [-0.25, -0.2) is 4.99 Å². The lowest BCUT2D eigenvalue weighted by atomic mass is 9.93. The quantitative estimate of drug-likeness (QED) is 0.438. The molecule has 28 heavy (non-hydrogen) atoms. The van der Waals surface area contributed by atoms with Crippen molar-refractivity contribution in [3.63, 3.8) is 0 Å². The van der Waals surface area contributed by atoms with Gasteiger partial charge in [0.1, 0.15) is 6.29 Å². The Morgan fingerprint density at radius 1 is 0.929 bits per heavy atom. The number of hydrogen-bond acceptors (Lipinski definition) is 5. The number of allylic oxidation sites excluding steroid dienone is 2. The van der Waals surface area contributed by atoms with E-state index in [0.717, 1.165) is 53.5 Å². The summed E-state index contributed by atoms with van der Waals surface area (Å²) >= 11 is 3.48. The third-order valence-electron chi connectivity index (χ3n) is 4.74. The van der Waals surface area contributed by atoms with Gasteiger partial charge in [0.2, 0.25) is 0 Å². The minimum atomic E-state index is 0.827. The topological polar surface area (TPSA) is 32.7 Å². The number of aldehydes is 1. The van der Waals surface area contributed by atoms with E-state index in [4.69, 9.17) is 4.99 Å². The second kappa shape index (κ2) is 9.30. The van der Waals surface area contributed by atoms with E-state index < -0.39 is 0 Å². The molecule has 0 bridgehead atoms. The Balaban J connectivity index is 1.56. The smallest absolute Gasteiger partial charge is 0.179 e. The number of rotatable bonds is 6. The summed E-state index contributed by atoms with van der Waals surface area (Å²) in [4.78, 5) is 16.4. The molecule has 0 saturated heterocycles. The maximum absolute atomic E-state index is 11.5. The molecular formula is C23H22N2OS2. The third kappa shape index (κ3) is 4.59. The van der Waals surface area contributed by atoms with Crippen LogP contribution in [0.3, 0.4) is 0 Å². The normalized spacial score (nSPS) is 16.4. The molecular weight excluding hydrogens is 384 g/mol. The lowest BCUT2D eigenvalue weighted by Crippen LogP contribution is -2.23. The molecule has 0 fully saturated rings. The van der Waals surface area contributed by atoms with Crippen molar-refractivity contribution in [1.82, 2.24) is 4.31 Å². The van der Waals surface area contributed by atoms with Crippen LogP contribution in [0.4, 0.5) is 0 Å². The van der Waals surface area contributed by atoms with Crippen molar-refractivity contribution in [3.8, 4) is 0 Å². The molecule has 0 spiro atoms. The summed E-state index contributed by atoms with van der Waals surface area (Å²) in [6.45, 7) is 0. The van der Waals surface area contributed by atoms with Crippen LogP contribution in [0.2, 0.25) is 0 Å². The summed E-state index contributed by atoms with van der Waals surface area (Å²) in [6, 6.07) is 20.9. The number of carbonyl (C=O) groups is 1. The van der Waals surface area contributed by atoms with Gasteiger partial charge < -0.3 is 0 Å². The van der Waals surface area contributed by atoms with Gasteiger partial charge >= 0.3 is 0 Å². The highest BCUT2D eigenvalue weighted by Crippen LogP contribution is 2.37. The molecule has 142 valence electrons. The van der Waals surface area contributed by atoms with Crippen LogP contribution in [0.1, 0.15) is 30.4 Å². The number of amidine groups is 1. The highest BCUT2D eigenvalue weighted by molar-refractivity contribution is 8.14. The molecule has 0 radical (unpaired) electrons. The van der Waals surface area contributed by atoms with Gasteiger partial charge in [-0.15, -0.1) is 0 Å². The number of hydrogen-bond donors (Lipinski definition) is 0. The van der Waals surface area contributed by atoms with Gasteiger partial charge in [0, 0.05) is 23.3 Å². The first-order valence-corrected chi connectivity index (χ1v) is 11.4. The highest BCUT2D eigenvalue weighted by atomic mass is 32.2. The lowest BCUT2D eigenvalue weighted by molar-refractivity contribution is -0.105. The number of fused-ring (bicyclic) bond motifs is 1. The Kier molecular flexibility index (Phi) is 6.34. The number of benzene rings is 2. The van der Waals surface area contributed by atoms with E-state index in [0.29, 0.717) is 0 Å². The second-order valence-electron chi connectivity index (χ2n) is 6.75. The molecule has 1 aliphatic carbocycles. The van der Waals surface area contributed by atoms with Crippen LogP contribution in [-0.2, 0) is 16.3 Å². The van der Waals surface area contributed by atoms with Crippen LogP contribution in [0, 0.1) is 0 Å². The van der Waals surface area contributed by atoms with Crippen molar-refractivity contribution in [2.24, 2.45) is 4.99 Å². The SMILES string of the molecule is O=CC1=C2N=C(SCc3ccccc3)N(SCc3ccccc3)C=C2CCC1. The van der Waals surface area contributed by atoms with E-state index in [-0.39, 0.29) is 0 Å². The van der Waals surface area contributed by atoms with Crippen LogP contribution in [0.5, 0.6) is 0 Å². The van der Waals surface area contributed by atoms with Gasteiger partial charge in [-0.05, 0) is 47.9 Å². The molecule has 2 aliphatic rings. The van der Waals surface area contributed by atoms with Crippen LogP contribution >= 0.6 is 23.7 Å². The van der Waals surface area contributed by atoms with Gasteiger partial charge in [0.05, 0.1) is 5.70 Å². The average Bonchev–Trinajstić information content (AvgIpc) is 2.77. The van der Waals surface area contributed by atoms with Crippen LogP contribution in [0.25, 0.3) is 0 Å². The molecule has 4 rings (SSSR count). The van der Waals surface area contributed by atoms with E-state index in [1.165, 1.54) is 16.7 Å². The van der Waals surface area contributed by atoms with Crippen molar-refractivity contribution in [3.05, 3.63) is 94.8 Å². The van der Waals surface area contributed by atoms with Gasteiger partial charge in [-0.3, -0.25) is 9.10 Å². The highest BCUT2D eigenvalue weighted by Gasteiger charge is 2.25. The minimum Gasteiger partial charge on any atom is -0.298 e. The largest absolute Gasteiger partial charge is 0.298 e. The Bertz CT molecular complexity index is 920. The number of nitrogens with zero attached hydrogens (tertiary/aromatic N) is 2. The first-order valence-electron chi connectivity index (χ1n) is 9.44. The van der Waals surface area contributed by atoms with Gasteiger partial charge in [0.25, 0.3) is 0 Å². The van der Waals surface area contributed by atoms with Gasteiger partial charge in [-0.1, -0.05) is 72.4 Å². The maximum Gasteiger partial charge on any atom is 0.179 e. The predicted octanol–water partition coefficient (Wildman–Crippen LogP) is 5.96. The molecule has 3 nitrogen and oxygen atoms in total. The Morgan fingerprint density at radius 3 is 2.29 bits per heavy atom. The summed E-state index contributed by atoms with van der Waals surface area (Å²) < 4.78 is 2.19. The van der Waals surface area contributed by atoms with E-state index >= 15 is 0 Å². The first kappa shape index (κ1) is 19.1. The fourth-order valence-corrected chi connectivity index (χ4v) is 5.24. The summed E-state index contributed by atoms with van der Waals surface area (Å²) in [7, 11) is 0. The zero-order valence-corrected chi connectivity index (χ0v) is 17.2. The molecule has 5 heteroatoms. The maximum atomic E-state index is 11.5. The molecule has 1 aliphatic heterocycles. The van der Waals surface area contributed by atoms with Crippen LogP contribution < -0.4 is 0 Å². The fourth-order valence-electron chi connectivity index (χ4n) is 3.27. The Labute approximate surface area is 174 Å². The molecule has 2 aromatic rings. The van der Waals surface area contributed by atoms with E-state index in [2.05, 4.69) is 59.0 Å². The molecule has 0 saturated carbocycles. The minimum absolute atomic E-state index is 0.827. The van der Waals surface area contributed by atoms with Crippen molar-refractivity contribution in [2.75, 3.05) is 0 Å². The first-order chi connectivity index (χ1) is 13.8. The molecule has 0 amide bonds. The zero-order valence-electron chi connectivity index (χ0n) is 15.6. The molecule has 0 unspecified atom stereocenters. The molecule has 2 aromatic carbocycles. The summed E-state index contributed by atoms with van der Waals surface area (Å²) in [5.41, 5.74) is 5.47. The molecule has 0 aromatic heterocycles. The summed E-state index contributed by atoms with van der Waals surface area (Å²) in [6.07, 6.45) is 6.00. The summed E-state index contributed by atoms with van der Waals surface area (Å²) in [5.74, 6) is 1.74. The zero-order chi connectivity index (χ0) is 19.2. The fraction of sp³-hybridized carbons (Fsp3) is 0.217. The predicted molar refractivity (Wildman–Crippen MR) is 120 cm³/mol. The average molecular weight is 407 g/mol. The van der Waals surface area contributed by atoms with E-state index in [1.807, 2.05) is 12.1 Å². The lowest BCUT2D eigenvalue weighted by Gasteiger charge is -2.29. The van der Waals surface area contributed by atoms with Crippen molar-refractivity contribution in [2.45, 2.75) is 30.8 Å². The summed E-state index contributed by atoms with van der Waals surface area (Å²) in [5, 5.41) is 0.949. The third-order valence-corrected chi connectivity index (χ3v) is 6.89. The van der Waals surface area contributed by atoms with Crippen LogP contribution in [0.15, 0.2) is 88.7 Å². The van der Waals surface area contributed by atoms with Gasteiger partial charge in [-0.2, -0.15) is 0 Å². The van der Waals surface area contributed by atoms with Crippen molar-refractivity contribution >= 4 is 35.2 Å². The second-order valence-corrected chi connectivity index (χ2v) is 8.64. The standard InChI is InChI=1S/C23H22N2OS2/c26-15-21-13-7-12-20-14-25(28-17-19-10-5-2-6-11-19)23(24-22(20)21)27-16-18-8-3-1-4-9-18/h1-6,8-11,14-15H,7,12-13,16-17H2. The van der Waals surface area contributed by atoms with E-state index in [1.54, 1.807) is 23.7 Å². The van der Waals surface area contributed by atoms with Gasteiger partial charge in [0.15, 0.2) is 5.17 Å².